The van der Waals surface area contributed by atoms with Gasteiger partial charge in [-0.25, -0.2) is 10.5 Å². The van der Waals surface area contributed by atoms with E-state index in [4.69, 9.17) is 17.1 Å². The van der Waals surface area contributed by atoms with E-state index in [0.717, 1.165) is 26.5 Å². The van der Waals surface area contributed by atoms with Crippen molar-refractivity contribution in [1.29, 1.82) is 5.53 Å². The Morgan fingerprint density at radius 2 is 2.20 bits per heavy atom. The maximum atomic E-state index is 7.02. The zero-order valence-electron chi connectivity index (χ0n) is 11.7. The van der Waals surface area contributed by atoms with Crippen LogP contribution < -0.4 is 0 Å². The third kappa shape index (κ3) is 3.22. The maximum Gasteiger partial charge on any atom is 0.133 e. The minimum Gasteiger partial charge on any atom is -0.324 e. The Hall–Kier alpha value is -1.33. The Labute approximate surface area is 128 Å². The van der Waals surface area contributed by atoms with Gasteiger partial charge in [0.25, 0.3) is 0 Å². The monoisotopic (exact) mass is 308 g/mol. The molecule has 0 unspecified atom stereocenters. The van der Waals surface area contributed by atoms with Gasteiger partial charge in [0.05, 0.1) is 5.69 Å². The first kappa shape index (κ1) is 15.1. The van der Waals surface area contributed by atoms with Crippen molar-refractivity contribution >= 4 is 23.4 Å². The third-order valence-corrected chi connectivity index (χ3v) is 4.34. The highest BCUT2D eigenvalue weighted by Crippen LogP contribution is 2.35. The second-order valence-electron chi connectivity index (χ2n) is 4.81. The zero-order valence-corrected chi connectivity index (χ0v) is 13.3. The fourth-order valence-electron chi connectivity index (χ4n) is 1.90. The van der Waals surface area contributed by atoms with Crippen molar-refractivity contribution in [3.8, 4) is 0 Å². The summed E-state index contributed by atoms with van der Waals surface area (Å²) in [4.78, 5) is 5.69. The molecule has 0 aliphatic carbocycles. The average molecular weight is 309 g/mol. The quantitative estimate of drug-likeness (QED) is 0.800. The number of rotatable bonds is 5. The molecule has 0 aliphatic rings. The molecule has 0 amide bonds. The topological polar surface area (TPSA) is 54.0 Å². The lowest BCUT2D eigenvalue weighted by Gasteiger charge is -2.08. The molecule has 0 saturated carbocycles. The molecule has 0 atom stereocenters. The van der Waals surface area contributed by atoms with Crippen molar-refractivity contribution in [1.82, 2.24) is 9.55 Å². The molecule has 2 aromatic rings. The molecule has 1 N–H and O–H groups in total. The molecule has 1 heterocycles. The number of halogens is 1. The van der Waals surface area contributed by atoms with Crippen LogP contribution in [0, 0.1) is 5.53 Å². The van der Waals surface area contributed by atoms with Crippen LogP contribution in [0.25, 0.3) is 0 Å². The van der Waals surface area contributed by atoms with Crippen LogP contribution in [-0.4, -0.2) is 9.55 Å². The molecular formula is C14H17ClN4S. The first-order chi connectivity index (χ1) is 9.52. The standard InChI is InChI=1S/C14H17ClN4S/c1-9(2)13-14(19(3)12(18-13)8-17-16)20-11-6-4-5-10(15)7-11/h4-7,9,16H,8H2,1-3H3. The number of nitrogens with zero attached hydrogens (tertiary/aromatic N) is 3. The number of benzene rings is 1. The molecule has 0 bridgehead atoms. The summed E-state index contributed by atoms with van der Waals surface area (Å²) in [7, 11) is 1.96. The van der Waals surface area contributed by atoms with E-state index in [-0.39, 0.29) is 0 Å². The van der Waals surface area contributed by atoms with Crippen LogP contribution in [0.4, 0.5) is 0 Å². The lowest BCUT2D eigenvalue weighted by Crippen LogP contribution is -1.97. The van der Waals surface area contributed by atoms with E-state index in [0.29, 0.717) is 12.5 Å². The number of hydrogen-bond acceptors (Lipinski definition) is 4. The zero-order chi connectivity index (χ0) is 14.7. The smallest absolute Gasteiger partial charge is 0.133 e. The summed E-state index contributed by atoms with van der Waals surface area (Å²) in [5.41, 5.74) is 8.06. The fraction of sp³-hybridized carbons (Fsp3) is 0.357. The molecule has 0 saturated heterocycles. The predicted molar refractivity (Wildman–Crippen MR) is 81.7 cm³/mol. The third-order valence-electron chi connectivity index (χ3n) is 2.94. The van der Waals surface area contributed by atoms with E-state index < -0.39 is 0 Å². The summed E-state index contributed by atoms with van der Waals surface area (Å²) in [6.07, 6.45) is 0. The largest absolute Gasteiger partial charge is 0.324 e. The second-order valence-corrected chi connectivity index (χ2v) is 6.31. The van der Waals surface area contributed by atoms with Crippen LogP contribution >= 0.6 is 23.4 Å². The lowest BCUT2D eigenvalue weighted by atomic mass is 10.2. The second kappa shape index (κ2) is 6.41. The Kier molecular flexibility index (Phi) is 4.83. The molecule has 0 aliphatic heterocycles. The molecule has 6 heteroatoms. The summed E-state index contributed by atoms with van der Waals surface area (Å²) < 4.78 is 2.01. The Bertz CT molecular complexity index is 622. The Morgan fingerprint density at radius 3 is 2.80 bits per heavy atom. The van der Waals surface area contributed by atoms with Crippen LogP contribution in [0.5, 0.6) is 0 Å². The fourth-order valence-corrected chi connectivity index (χ4v) is 3.34. The normalized spacial score (nSPS) is 11.1. The van der Waals surface area contributed by atoms with Gasteiger partial charge >= 0.3 is 0 Å². The maximum absolute atomic E-state index is 7.02. The molecule has 1 aromatic carbocycles. The van der Waals surface area contributed by atoms with E-state index >= 15 is 0 Å². The van der Waals surface area contributed by atoms with E-state index in [2.05, 4.69) is 23.9 Å². The van der Waals surface area contributed by atoms with Crippen molar-refractivity contribution in [2.24, 2.45) is 12.2 Å². The van der Waals surface area contributed by atoms with Crippen LogP contribution in [0.15, 0.2) is 39.3 Å². The number of imidazole rings is 1. The van der Waals surface area contributed by atoms with Gasteiger partial charge in [0.1, 0.15) is 17.4 Å². The highest BCUT2D eigenvalue weighted by Gasteiger charge is 2.18. The molecule has 0 radical (unpaired) electrons. The Balaban J connectivity index is 2.41. The predicted octanol–water partition coefficient (Wildman–Crippen LogP) is 4.88. The van der Waals surface area contributed by atoms with Gasteiger partial charge in [0, 0.05) is 17.0 Å². The van der Waals surface area contributed by atoms with Crippen LogP contribution in [0.1, 0.15) is 31.3 Å². The highest BCUT2D eigenvalue weighted by molar-refractivity contribution is 7.99. The van der Waals surface area contributed by atoms with Gasteiger partial charge in [-0.05, 0) is 24.1 Å². The molecule has 0 spiro atoms. The lowest BCUT2D eigenvalue weighted by molar-refractivity contribution is 0.716. The first-order valence-electron chi connectivity index (χ1n) is 6.35. The SMILES string of the molecule is CC(C)c1nc(CN=N)n(C)c1Sc1cccc(Cl)c1. The van der Waals surface area contributed by atoms with Crippen molar-refractivity contribution in [2.45, 2.75) is 36.2 Å². The van der Waals surface area contributed by atoms with Crippen molar-refractivity contribution < 1.29 is 0 Å². The van der Waals surface area contributed by atoms with Gasteiger partial charge < -0.3 is 4.57 Å². The van der Waals surface area contributed by atoms with E-state index in [9.17, 15) is 0 Å². The van der Waals surface area contributed by atoms with Crippen LogP contribution in [0.3, 0.4) is 0 Å². The number of aromatic nitrogens is 2. The molecule has 20 heavy (non-hydrogen) atoms. The average Bonchev–Trinajstić information content (AvgIpc) is 2.69. The van der Waals surface area contributed by atoms with Gasteiger partial charge in [-0.1, -0.05) is 43.3 Å². The van der Waals surface area contributed by atoms with E-state index in [1.165, 1.54) is 0 Å². The molecular weight excluding hydrogens is 292 g/mol. The molecule has 0 fully saturated rings. The highest BCUT2D eigenvalue weighted by atomic mass is 35.5. The van der Waals surface area contributed by atoms with Gasteiger partial charge in [0.2, 0.25) is 0 Å². The summed E-state index contributed by atoms with van der Waals surface area (Å²) in [5.74, 6) is 1.13. The minimum absolute atomic E-state index is 0.312. The van der Waals surface area contributed by atoms with Crippen LogP contribution in [-0.2, 0) is 13.6 Å². The van der Waals surface area contributed by atoms with E-state index in [1.807, 2.05) is 35.9 Å². The Morgan fingerprint density at radius 1 is 1.45 bits per heavy atom. The van der Waals surface area contributed by atoms with Crippen molar-refractivity contribution in [3.63, 3.8) is 0 Å². The number of hydrogen-bond donors (Lipinski definition) is 1. The van der Waals surface area contributed by atoms with E-state index in [1.54, 1.807) is 11.8 Å². The minimum atomic E-state index is 0.312. The summed E-state index contributed by atoms with van der Waals surface area (Å²) >= 11 is 7.68. The molecule has 106 valence electrons. The molecule has 1 aromatic heterocycles. The first-order valence-corrected chi connectivity index (χ1v) is 7.54. The summed E-state index contributed by atoms with van der Waals surface area (Å²) in [6.45, 7) is 4.55. The van der Waals surface area contributed by atoms with Crippen molar-refractivity contribution in [3.05, 3.63) is 40.8 Å². The molecule has 2 rings (SSSR count). The number of nitrogens with one attached hydrogen (secondary N) is 1. The van der Waals surface area contributed by atoms with Gasteiger partial charge in [0.15, 0.2) is 0 Å². The van der Waals surface area contributed by atoms with Crippen LogP contribution in [0.2, 0.25) is 5.02 Å². The summed E-state index contributed by atoms with van der Waals surface area (Å²) in [5, 5.41) is 5.25. The van der Waals surface area contributed by atoms with Gasteiger partial charge in [-0.2, -0.15) is 5.11 Å². The van der Waals surface area contributed by atoms with Gasteiger partial charge in [-0.15, -0.1) is 0 Å². The van der Waals surface area contributed by atoms with Crippen molar-refractivity contribution in [2.75, 3.05) is 0 Å². The van der Waals surface area contributed by atoms with Gasteiger partial charge in [-0.3, -0.25) is 0 Å². The summed E-state index contributed by atoms with van der Waals surface area (Å²) in [6, 6.07) is 7.78. The molecule has 4 nitrogen and oxygen atoms in total.